The van der Waals surface area contributed by atoms with Gasteiger partial charge in [-0.3, -0.25) is 0 Å². The molecule has 1 nitrogen and oxygen atoms in total. The molecule has 2 atom stereocenters. The van der Waals surface area contributed by atoms with Crippen molar-refractivity contribution in [2.45, 2.75) is 52.1 Å². The van der Waals surface area contributed by atoms with Gasteiger partial charge in [-0.1, -0.05) is 41.9 Å². The van der Waals surface area contributed by atoms with E-state index in [4.69, 9.17) is 0 Å². The van der Waals surface area contributed by atoms with Gasteiger partial charge in [-0.05, 0) is 49.3 Å². The zero-order chi connectivity index (χ0) is 12.5. The summed E-state index contributed by atoms with van der Waals surface area (Å²) in [4.78, 5) is 0. The van der Waals surface area contributed by atoms with Crippen molar-refractivity contribution < 1.29 is 0 Å². The van der Waals surface area contributed by atoms with Crippen LogP contribution in [0.1, 0.15) is 51.6 Å². The van der Waals surface area contributed by atoms with Crippen molar-refractivity contribution in [1.29, 1.82) is 0 Å². The molecule has 0 heterocycles. The highest BCUT2D eigenvalue weighted by Crippen LogP contribution is 2.37. The lowest BCUT2D eigenvalue weighted by Crippen LogP contribution is -2.30. The molecular weight excluding hydrogens is 274 g/mol. The minimum atomic E-state index is 0.446. The highest BCUT2D eigenvalue weighted by atomic mass is 79.9. The Kier molecular flexibility index (Phi) is 3.94. The van der Waals surface area contributed by atoms with E-state index in [2.05, 4.69) is 66.3 Å². The van der Waals surface area contributed by atoms with E-state index in [0.29, 0.717) is 17.5 Å². The zero-order valence-electron chi connectivity index (χ0n) is 11.0. The Bertz CT molecular complexity index is 369. The molecule has 1 N–H and O–H groups in total. The van der Waals surface area contributed by atoms with Gasteiger partial charge in [0.05, 0.1) is 0 Å². The van der Waals surface area contributed by atoms with Crippen molar-refractivity contribution in [2.24, 2.45) is 5.41 Å². The van der Waals surface area contributed by atoms with E-state index in [1.165, 1.54) is 24.8 Å². The highest BCUT2D eigenvalue weighted by Gasteiger charge is 2.31. The first-order valence-corrected chi connectivity index (χ1v) is 7.27. The first kappa shape index (κ1) is 13.1. The standard InChI is InChI=1S/C15H22BrN/c1-11(12-4-6-13(16)7-5-12)17-14-8-9-15(2,3)10-14/h4-7,11,14,17H,8-10H2,1-3H3. The molecule has 0 radical (unpaired) electrons. The average Bonchev–Trinajstić information content (AvgIpc) is 2.59. The molecule has 1 aromatic carbocycles. The molecule has 1 aliphatic rings. The Labute approximate surface area is 113 Å². The van der Waals surface area contributed by atoms with Gasteiger partial charge in [0.25, 0.3) is 0 Å². The van der Waals surface area contributed by atoms with Gasteiger partial charge in [0.15, 0.2) is 0 Å². The van der Waals surface area contributed by atoms with Crippen LogP contribution in [0.4, 0.5) is 0 Å². The molecule has 2 unspecified atom stereocenters. The largest absolute Gasteiger partial charge is 0.307 e. The Morgan fingerprint density at radius 3 is 2.47 bits per heavy atom. The van der Waals surface area contributed by atoms with Crippen molar-refractivity contribution in [3.05, 3.63) is 34.3 Å². The van der Waals surface area contributed by atoms with Crippen LogP contribution in [0.15, 0.2) is 28.7 Å². The van der Waals surface area contributed by atoms with Gasteiger partial charge in [0, 0.05) is 16.6 Å². The molecule has 0 aromatic heterocycles. The molecule has 0 amide bonds. The summed E-state index contributed by atoms with van der Waals surface area (Å²) in [5, 5.41) is 3.75. The topological polar surface area (TPSA) is 12.0 Å². The summed E-state index contributed by atoms with van der Waals surface area (Å²) < 4.78 is 1.15. The Balaban J connectivity index is 1.93. The Morgan fingerprint density at radius 1 is 1.29 bits per heavy atom. The molecule has 1 saturated carbocycles. The second-order valence-electron chi connectivity index (χ2n) is 6.04. The van der Waals surface area contributed by atoms with Crippen LogP contribution in [0.2, 0.25) is 0 Å². The Hall–Kier alpha value is -0.340. The summed E-state index contributed by atoms with van der Waals surface area (Å²) in [7, 11) is 0. The number of nitrogens with one attached hydrogen (secondary N) is 1. The van der Waals surface area contributed by atoms with Gasteiger partial charge in [0.1, 0.15) is 0 Å². The zero-order valence-corrected chi connectivity index (χ0v) is 12.5. The molecule has 17 heavy (non-hydrogen) atoms. The maximum absolute atomic E-state index is 3.75. The van der Waals surface area contributed by atoms with E-state index >= 15 is 0 Å². The van der Waals surface area contributed by atoms with Gasteiger partial charge in [-0.2, -0.15) is 0 Å². The van der Waals surface area contributed by atoms with Gasteiger partial charge >= 0.3 is 0 Å². The van der Waals surface area contributed by atoms with E-state index in [-0.39, 0.29) is 0 Å². The van der Waals surface area contributed by atoms with Crippen LogP contribution in [0.25, 0.3) is 0 Å². The monoisotopic (exact) mass is 295 g/mol. The Morgan fingerprint density at radius 2 is 1.94 bits per heavy atom. The highest BCUT2D eigenvalue weighted by molar-refractivity contribution is 9.10. The predicted octanol–water partition coefficient (Wildman–Crippen LogP) is 4.68. The predicted molar refractivity (Wildman–Crippen MR) is 77.1 cm³/mol. The number of rotatable bonds is 3. The summed E-state index contributed by atoms with van der Waals surface area (Å²) in [6.45, 7) is 7.01. The molecule has 94 valence electrons. The third kappa shape index (κ3) is 3.56. The second kappa shape index (κ2) is 5.11. The maximum atomic E-state index is 3.75. The third-order valence-corrected chi connectivity index (χ3v) is 4.35. The lowest BCUT2D eigenvalue weighted by molar-refractivity contribution is 0.356. The number of benzene rings is 1. The SMILES string of the molecule is CC(NC1CCC(C)(C)C1)c1ccc(Br)cc1. The summed E-state index contributed by atoms with van der Waals surface area (Å²) >= 11 is 3.48. The number of hydrogen-bond donors (Lipinski definition) is 1. The van der Waals surface area contributed by atoms with E-state index in [1.54, 1.807) is 0 Å². The van der Waals surface area contributed by atoms with E-state index in [9.17, 15) is 0 Å². The molecule has 0 saturated heterocycles. The van der Waals surface area contributed by atoms with E-state index < -0.39 is 0 Å². The number of hydrogen-bond acceptors (Lipinski definition) is 1. The van der Waals surface area contributed by atoms with Gasteiger partial charge < -0.3 is 5.32 Å². The molecule has 2 rings (SSSR count). The first-order valence-electron chi connectivity index (χ1n) is 6.48. The fourth-order valence-electron chi connectivity index (χ4n) is 2.78. The van der Waals surface area contributed by atoms with Gasteiger partial charge in [-0.15, -0.1) is 0 Å². The van der Waals surface area contributed by atoms with Crippen LogP contribution in [-0.4, -0.2) is 6.04 Å². The van der Waals surface area contributed by atoms with Crippen LogP contribution < -0.4 is 5.32 Å². The summed E-state index contributed by atoms with van der Waals surface area (Å²) in [6, 6.07) is 9.76. The minimum absolute atomic E-state index is 0.446. The van der Waals surface area contributed by atoms with Crippen LogP contribution in [0.3, 0.4) is 0 Å². The second-order valence-corrected chi connectivity index (χ2v) is 6.96. The average molecular weight is 296 g/mol. The van der Waals surface area contributed by atoms with Gasteiger partial charge in [-0.25, -0.2) is 0 Å². The molecule has 1 aromatic rings. The normalized spacial score (nSPS) is 24.8. The van der Waals surface area contributed by atoms with Crippen molar-refractivity contribution >= 4 is 15.9 Å². The molecule has 2 heteroatoms. The lowest BCUT2D eigenvalue weighted by atomic mass is 9.91. The molecule has 0 spiro atoms. The summed E-state index contributed by atoms with van der Waals surface area (Å²) in [6.07, 6.45) is 3.96. The molecule has 1 aliphatic carbocycles. The molecule has 1 fully saturated rings. The van der Waals surface area contributed by atoms with E-state index in [1.807, 2.05) is 0 Å². The third-order valence-electron chi connectivity index (χ3n) is 3.82. The van der Waals surface area contributed by atoms with Crippen LogP contribution in [0.5, 0.6) is 0 Å². The molecule has 0 bridgehead atoms. The fourth-order valence-corrected chi connectivity index (χ4v) is 3.04. The summed E-state index contributed by atoms with van der Waals surface area (Å²) in [5.74, 6) is 0. The van der Waals surface area contributed by atoms with Crippen LogP contribution in [-0.2, 0) is 0 Å². The van der Waals surface area contributed by atoms with Crippen LogP contribution in [0, 0.1) is 5.41 Å². The smallest absolute Gasteiger partial charge is 0.0294 e. The molecular formula is C15H22BrN. The van der Waals surface area contributed by atoms with Crippen LogP contribution >= 0.6 is 15.9 Å². The van der Waals surface area contributed by atoms with E-state index in [0.717, 1.165) is 4.47 Å². The van der Waals surface area contributed by atoms with Crippen molar-refractivity contribution in [1.82, 2.24) is 5.32 Å². The maximum Gasteiger partial charge on any atom is 0.0294 e. The molecule has 0 aliphatic heterocycles. The van der Waals surface area contributed by atoms with Crippen molar-refractivity contribution in [3.8, 4) is 0 Å². The lowest BCUT2D eigenvalue weighted by Gasteiger charge is -2.22. The van der Waals surface area contributed by atoms with Gasteiger partial charge in [0.2, 0.25) is 0 Å². The first-order chi connectivity index (χ1) is 7.96. The number of halogens is 1. The summed E-state index contributed by atoms with van der Waals surface area (Å²) in [5.41, 5.74) is 1.90. The van der Waals surface area contributed by atoms with Crippen molar-refractivity contribution in [3.63, 3.8) is 0 Å². The minimum Gasteiger partial charge on any atom is -0.307 e. The fraction of sp³-hybridized carbons (Fsp3) is 0.600. The quantitative estimate of drug-likeness (QED) is 0.854. The van der Waals surface area contributed by atoms with Crippen molar-refractivity contribution in [2.75, 3.05) is 0 Å².